The Hall–Kier alpha value is -0.780. The number of rotatable bonds is 4. The molecule has 0 radical (unpaired) electrons. The van der Waals surface area contributed by atoms with Crippen LogP contribution in [0.4, 0.5) is 0 Å². The van der Waals surface area contributed by atoms with Crippen LogP contribution in [0.1, 0.15) is 49.4 Å². The fourth-order valence-electron chi connectivity index (χ4n) is 1.81. The van der Waals surface area contributed by atoms with Gasteiger partial charge in [-0.3, -0.25) is 0 Å². The Balaban J connectivity index is 2.05. The molecule has 2 rings (SSSR count). The van der Waals surface area contributed by atoms with E-state index < -0.39 is 6.10 Å². The summed E-state index contributed by atoms with van der Waals surface area (Å²) in [5, 5.41) is 18.6. The van der Waals surface area contributed by atoms with Gasteiger partial charge in [-0.05, 0) is 46.8 Å². The SMILES string of the molecule is CC(C)(C)c1nnsc1C(O)CCc1ccsc1. The first-order valence-corrected chi connectivity index (χ1v) is 7.72. The highest BCUT2D eigenvalue weighted by Gasteiger charge is 2.26. The molecule has 0 aromatic carbocycles. The second-order valence-corrected chi connectivity index (χ2v) is 6.99. The Kier molecular flexibility index (Phi) is 4.14. The van der Waals surface area contributed by atoms with E-state index in [1.54, 1.807) is 11.3 Å². The molecule has 1 unspecified atom stereocenters. The lowest BCUT2D eigenvalue weighted by molar-refractivity contribution is 0.169. The van der Waals surface area contributed by atoms with Crippen LogP contribution in [-0.4, -0.2) is 14.7 Å². The first-order valence-electron chi connectivity index (χ1n) is 6.00. The van der Waals surface area contributed by atoms with Crippen LogP contribution in [0.3, 0.4) is 0 Å². The van der Waals surface area contributed by atoms with Gasteiger partial charge in [0.2, 0.25) is 0 Å². The molecular formula is C13H18N2OS2. The summed E-state index contributed by atoms with van der Waals surface area (Å²) in [5.41, 5.74) is 2.14. The Morgan fingerprint density at radius 1 is 1.39 bits per heavy atom. The molecular weight excluding hydrogens is 264 g/mol. The monoisotopic (exact) mass is 282 g/mol. The smallest absolute Gasteiger partial charge is 0.0920 e. The lowest BCUT2D eigenvalue weighted by Crippen LogP contribution is -2.15. The summed E-state index contributed by atoms with van der Waals surface area (Å²) >= 11 is 3.01. The zero-order valence-corrected chi connectivity index (χ0v) is 12.5. The fraction of sp³-hybridized carbons (Fsp3) is 0.538. The second-order valence-electron chi connectivity index (χ2n) is 5.42. The maximum atomic E-state index is 10.3. The van der Waals surface area contributed by atoms with Crippen LogP contribution < -0.4 is 0 Å². The normalized spacial score (nSPS) is 13.8. The van der Waals surface area contributed by atoms with Gasteiger partial charge in [0.05, 0.1) is 16.7 Å². The average molecular weight is 282 g/mol. The quantitative estimate of drug-likeness (QED) is 0.932. The van der Waals surface area contributed by atoms with Crippen molar-refractivity contribution in [3.05, 3.63) is 33.0 Å². The van der Waals surface area contributed by atoms with Crippen LogP contribution in [-0.2, 0) is 11.8 Å². The zero-order chi connectivity index (χ0) is 13.2. The molecule has 3 nitrogen and oxygen atoms in total. The lowest BCUT2D eigenvalue weighted by atomic mass is 9.90. The molecule has 1 N–H and O–H groups in total. The Morgan fingerprint density at radius 3 is 2.78 bits per heavy atom. The van der Waals surface area contributed by atoms with Gasteiger partial charge in [-0.25, -0.2) is 0 Å². The number of nitrogens with zero attached hydrogens (tertiary/aromatic N) is 2. The summed E-state index contributed by atoms with van der Waals surface area (Å²) < 4.78 is 3.99. The molecule has 0 bridgehead atoms. The molecule has 0 amide bonds. The zero-order valence-electron chi connectivity index (χ0n) is 10.9. The fourth-order valence-corrected chi connectivity index (χ4v) is 3.39. The standard InChI is InChI=1S/C13H18N2OS2/c1-13(2,3)12-11(18-15-14-12)10(16)5-4-9-6-7-17-8-9/h6-8,10,16H,4-5H2,1-3H3. The number of aliphatic hydroxyl groups excluding tert-OH is 1. The average Bonchev–Trinajstić information content (AvgIpc) is 2.95. The minimum absolute atomic E-state index is 0.0638. The van der Waals surface area contributed by atoms with Gasteiger partial charge in [0, 0.05) is 5.41 Å². The van der Waals surface area contributed by atoms with Crippen LogP contribution in [0, 0.1) is 0 Å². The van der Waals surface area contributed by atoms with Crippen LogP contribution in [0.5, 0.6) is 0 Å². The largest absolute Gasteiger partial charge is 0.387 e. The van der Waals surface area contributed by atoms with Crippen molar-refractivity contribution < 1.29 is 5.11 Å². The summed E-state index contributed by atoms with van der Waals surface area (Å²) in [5.74, 6) is 0. The van der Waals surface area contributed by atoms with Crippen molar-refractivity contribution in [2.24, 2.45) is 0 Å². The Morgan fingerprint density at radius 2 is 2.17 bits per heavy atom. The van der Waals surface area contributed by atoms with Crippen molar-refractivity contribution in [3.63, 3.8) is 0 Å². The van der Waals surface area contributed by atoms with E-state index >= 15 is 0 Å². The molecule has 2 aromatic rings. The van der Waals surface area contributed by atoms with Crippen molar-refractivity contribution in [1.29, 1.82) is 0 Å². The molecule has 0 saturated heterocycles. The molecule has 18 heavy (non-hydrogen) atoms. The first-order chi connectivity index (χ1) is 8.48. The van der Waals surface area contributed by atoms with Gasteiger partial charge in [-0.2, -0.15) is 11.3 Å². The van der Waals surface area contributed by atoms with E-state index in [0.29, 0.717) is 0 Å². The van der Waals surface area contributed by atoms with Crippen molar-refractivity contribution in [2.45, 2.75) is 45.1 Å². The summed E-state index contributed by atoms with van der Waals surface area (Å²) in [6.07, 6.45) is 1.16. The number of aliphatic hydroxyl groups is 1. The molecule has 0 aliphatic heterocycles. The number of aromatic nitrogens is 2. The predicted octanol–water partition coefficient (Wildman–Crippen LogP) is 3.56. The molecule has 2 aromatic heterocycles. The highest BCUT2D eigenvalue weighted by Crippen LogP contribution is 2.32. The van der Waals surface area contributed by atoms with Gasteiger partial charge >= 0.3 is 0 Å². The molecule has 1 atom stereocenters. The third-order valence-corrected chi connectivity index (χ3v) is 4.37. The third kappa shape index (κ3) is 3.16. The van der Waals surface area contributed by atoms with Crippen LogP contribution in [0.15, 0.2) is 16.8 Å². The molecule has 0 spiro atoms. The van der Waals surface area contributed by atoms with Gasteiger partial charge in [0.15, 0.2) is 0 Å². The lowest BCUT2D eigenvalue weighted by Gasteiger charge is -2.18. The van der Waals surface area contributed by atoms with E-state index in [-0.39, 0.29) is 5.41 Å². The van der Waals surface area contributed by atoms with E-state index in [0.717, 1.165) is 23.4 Å². The summed E-state index contributed by atoms with van der Waals surface area (Å²) in [4.78, 5) is 0.915. The van der Waals surface area contributed by atoms with Gasteiger partial charge in [0.25, 0.3) is 0 Å². The molecule has 0 aliphatic rings. The highest BCUT2D eigenvalue weighted by molar-refractivity contribution is 7.08. The van der Waals surface area contributed by atoms with Gasteiger partial charge < -0.3 is 5.11 Å². The first kappa shape index (κ1) is 13.6. The second kappa shape index (κ2) is 5.47. The molecule has 98 valence electrons. The Labute approximate surface area is 116 Å². The van der Waals surface area contributed by atoms with E-state index in [4.69, 9.17) is 0 Å². The van der Waals surface area contributed by atoms with Crippen molar-refractivity contribution in [3.8, 4) is 0 Å². The van der Waals surface area contributed by atoms with Crippen LogP contribution in [0.25, 0.3) is 0 Å². The number of aryl methyl sites for hydroxylation is 1. The highest BCUT2D eigenvalue weighted by atomic mass is 32.1. The number of thiophene rings is 1. The van der Waals surface area contributed by atoms with E-state index in [1.165, 1.54) is 17.1 Å². The predicted molar refractivity (Wildman–Crippen MR) is 76.2 cm³/mol. The van der Waals surface area contributed by atoms with E-state index in [1.807, 2.05) is 0 Å². The topological polar surface area (TPSA) is 46.0 Å². The molecule has 0 aliphatic carbocycles. The van der Waals surface area contributed by atoms with Crippen LogP contribution >= 0.6 is 22.9 Å². The molecule has 0 saturated carbocycles. The van der Waals surface area contributed by atoms with Gasteiger partial charge in [-0.1, -0.05) is 25.3 Å². The minimum atomic E-state index is -0.459. The minimum Gasteiger partial charge on any atom is -0.387 e. The third-order valence-electron chi connectivity index (χ3n) is 2.81. The molecule has 2 heterocycles. The van der Waals surface area contributed by atoms with Crippen molar-refractivity contribution in [2.75, 3.05) is 0 Å². The molecule has 0 fully saturated rings. The summed E-state index contributed by atoms with van der Waals surface area (Å²) in [6, 6.07) is 2.10. The van der Waals surface area contributed by atoms with Crippen molar-refractivity contribution in [1.82, 2.24) is 9.59 Å². The van der Waals surface area contributed by atoms with Crippen molar-refractivity contribution >= 4 is 22.9 Å². The number of hydrogen-bond donors (Lipinski definition) is 1. The molecule has 5 heteroatoms. The number of hydrogen-bond acceptors (Lipinski definition) is 5. The van der Waals surface area contributed by atoms with E-state index in [2.05, 4.69) is 47.2 Å². The maximum absolute atomic E-state index is 10.3. The van der Waals surface area contributed by atoms with E-state index in [9.17, 15) is 5.11 Å². The van der Waals surface area contributed by atoms with Gasteiger partial charge in [-0.15, -0.1) is 5.10 Å². The summed E-state index contributed by atoms with van der Waals surface area (Å²) in [7, 11) is 0. The maximum Gasteiger partial charge on any atom is 0.0920 e. The van der Waals surface area contributed by atoms with Crippen LogP contribution in [0.2, 0.25) is 0 Å². The van der Waals surface area contributed by atoms with Gasteiger partial charge in [0.1, 0.15) is 0 Å². The Bertz CT molecular complexity index is 485. The summed E-state index contributed by atoms with van der Waals surface area (Å²) in [6.45, 7) is 6.29.